The quantitative estimate of drug-likeness (QED) is 0.578. The Labute approximate surface area is 101 Å². The average molecular weight is 238 g/mol. The molecule has 2 N–H and O–H groups in total. The molecule has 1 aromatic rings. The van der Waals surface area contributed by atoms with Crippen LogP contribution >= 0.6 is 0 Å². The molecule has 0 atom stereocenters. The molecule has 0 spiro atoms. The molecule has 0 unspecified atom stereocenters. The van der Waals surface area contributed by atoms with Crippen LogP contribution in [0.15, 0.2) is 22.8 Å². The Bertz CT molecular complexity index is 347. The molecule has 1 aromatic heterocycles. The fourth-order valence-electron chi connectivity index (χ4n) is 1.32. The van der Waals surface area contributed by atoms with Gasteiger partial charge in [0.15, 0.2) is 0 Å². The zero-order chi connectivity index (χ0) is 12.5. The number of hydrogen-bond donors (Lipinski definition) is 2. The lowest BCUT2D eigenvalue weighted by Crippen LogP contribution is -2.39. The fraction of sp³-hybridized carbons (Fsp3) is 0.500. The Morgan fingerprint density at radius 2 is 2.00 bits per heavy atom. The van der Waals surface area contributed by atoms with E-state index in [-0.39, 0.29) is 6.54 Å². The molecule has 17 heavy (non-hydrogen) atoms. The van der Waals surface area contributed by atoms with Crippen LogP contribution in [0.3, 0.4) is 0 Å². The van der Waals surface area contributed by atoms with Gasteiger partial charge in [0.1, 0.15) is 5.76 Å². The minimum Gasteiger partial charge on any atom is -0.467 e. The van der Waals surface area contributed by atoms with Crippen LogP contribution in [0, 0.1) is 0 Å². The third kappa shape index (κ3) is 5.19. The van der Waals surface area contributed by atoms with Crippen LogP contribution in [0.4, 0.5) is 0 Å². The van der Waals surface area contributed by atoms with Crippen LogP contribution in [-0.2, 0) is 16.1 Å². The molecule has 0 aliphatic heterocycles. The Morgan fingerprint density at radius 1 is 1.24 bits per heavy atom. The van der Waals surface area contributed by atoms with Gasteiger partial charge in [0.05, 0.1) is 12.8 Å². The number of carbonyl (C=O) groups excluding carboxylic acids is 2. The van der Waals surface area contributed by atoms with E-state index in [0.29, 0.717) is 12.3 Å². The second kappa shape index (κ2) is 7.49. The molecular weight excluding hydrogens is 220 g/mol. The topological polar surface area (TPSA) is 71.3 Å². The van der Waals surface area contributed by atoms with Crippen molar-refractivity contribution in [1.82, 2.24) is 10.6 Å². The van der Waals surface area contributed by atoms with Crippen molar-refractivity contribution in [1.29, 1.82) is 0 Å². The number of unbranched alkanes of at least 4 members (excludes halogenated alkanes) is 2. The maximum Gasteiger partial charge on any atom is 0.309 e. The highest BCUT2D eigenvalue weighted by Gasteiger charge is 2.12. The van der Waals surface area contributed by atoms with Crippen molar-refractivity contribution in [3.8, 4) is 0 Å². The Morgan fingerprint density at radius 3 is 2.65 bits per heavy atom. The van der Waals surface area contributed by atoms with Gasteiger partial charge in [0.2, 0.25) is 0 Å². The van der Waals surface area contributed by atoms with Crippen LogP contribution < -0.4 is 10.6 Å². The molecule has 1 rings (SSSR count). The highest BCUT2D eigenvalue weighted by molar-refractivity contribution is 6.35. The number of carbonyl (C=O) groups is 2. The van der Waals surface area contributed by atoms with E-state index in [9.17, 15) is 9.59 Å². The SMILES string of the molecule is CCCCCNC(=O)C(=O)NCc1ccco1. The molecule has 0 saturated carbocycles. The van der Waals surface area contributed by atoms with Gasteiger partial charge in [-0.25, -0.2) is 0 Å². The fourth-order valence-corrected chi connectivity index (χ4v) is 1.32. The third-order valence-electron chi connectivity index (χ3n) is 2.28. The van der Waals surface area contributed by atoms with E-state index in [1.54, 1.807) is 12.1 Å². The van der Waals surface area contributed by atoms with Gasteiger partial charge in [-0.1, -0.05) is 19.8 Å². The molecule has 1 heterocycles. The summed E-state index contributed by atoms with van der Waals surface area (Å²) in [5, 5.41) is 5.05. The molecule has 0 fully saturated rings. The first-order valence-electron chi connectivity index (χ1n) is 5.82. The van der Waals surface area contributed by atoms with Crippen molar-refractivity contribution in [3.63, 3.8) is 0 Å². The molecule has 0 aliphatic carbocycles. The van der Waals surface area contributed by atoms with E-state index in [2.05, 4.69) is 17.6 Å². The molecule has 94 valence electrons. The van der Waals surface area contributed by atoms with Gasteiger partial charge in [0.25, 0.3) is 0 Å². The molecule has 5 heteroatoms. The first-order valence-corrected chi connectivity index (χ1v) is 5.82. The largest absolute Gasteiger partial charge is 0.467 e. The van der Waals surface area contributed by atoms with Gasteiger partial charge in [-0.2, -0.15) is 0 Å². The highest BCUT2D eigenvalue weighted by atomic mass is 16.3. The summed E-state index contributed by atoms with van der Waals surface area (Å²) in [5.41, 5.74) is 0. The van der Waals surface area contributed by atoms with Gasteiger partial charge in [0, 0.05) is 6.54 Å². The number of hydrogen-bond acceptors (Lipinski definition) is 3. The van der Waals surface area contributed by atoms with Gasteiger partial charge >= 0.3 is 11.8 Å². The van der Waals surface area contributed by atoms with E-state index >= 15 is 0 Å². The van der Waals surface area contributed by atoms with Crippen molar-refractivity contribution >= 4 is 11.8 Å². The predicted molar refractivity (Wildman–Crippen MR) is 63.1 cm³/mol. The van der Waals surface area contributed by atoms with E-state index in [0.717, 1.165) is 19.3 Å². The lowest BCUT2D eigenvalue weighted by molar-refractivity contribution is -0.139. The summed E-state index contributed by atoms with van der Waals surface area (Å²) in [5.74, 6) is -0.595. The van der Waals surface area contributed by atoms with Crippen LogP contribution in [-0.4, -0.2) is 18.4 Å². The minimum atomic E-state index is -0.627. The summed E-state index contributed by atoms with van der Waals surface area (Å²) in [6, 6.07) is 3.46. The van der Waals surface area contributed by atoms with Gasteiger partial charge in [-0.3, -0.25) is 9.59 Å². The lowest BCUT2D eigenvalue weighted by Gasteiger charge is -2.04. The number of furan rings is 1. The predicted octanol–water partition coefficient (Wildman–Crippen LogP) is 1.20. The lowest BCUT2D eigenvalue weighted by atomic mass is 10.2. The monoisotopic (exact) mass is 238 g/mol. The van der Waals surface area contributed by atoms with Crippen molar-refractivity contribution in [2.45, 2.75) is 32.7 Å². The van der Waals surface area contributed by atoms with Crippen molar-refractivity contribution in [2.75, 3.05) is 6.54 Å². The summed E-state index contributed by atoms with van der Waals surface area (Å²) in [7, 11) is 0. The minimum absolute atomic E-state index is 0.230. The number of amides is 2. The Hall–Kier alpha value is -1.78. The summed E-state index contributed by atoms with van der Waals surface area (Å²) in [4.78, 5) is 22.6. The van der Waals surface area contributed by atoms with Crippen molar-refractivity contribution in [2.24, 2.45) is 0 Å². The van der Waals surface area contributed by atoms with Crippen LogP contribution in [0.2, 0.25) is 0 Å². The summed E-state index contributed by atoms with van der Waals surface area (Å²) >= 11 is 0. The maximum absolute atomic E-state index is 11.3. The molecular formula is C12H18N2O3. The molecule has 0 saturated heterocycles. The highest BCUT2D eigenvalue weighted by Crippen LogP contribution is 1.98. The van der Waals surface area contributed by atoms with E-state index < -0.39 is 11.8 Å². The Kier molecular flexibility index (Phi) is 5.85. The zero-order valence-electron chi connectivity index (χ0n) is 9.99. The first kappa shape index (κ1) is 13.3. The molecule has 5 nitrogen and oxygen atoms in total. The molecule has 0 bridgehead atoms. The third-order valence-corrected chi connectivity index (χ3v) is 2.28. The summed E-state index contributed by atoms with van der Waals surface area (Å²) in [6.45, 7) is 2.85. The second-order valence-electron chi connectivity index (χ2n) is 3.73. The standard InChI is InChI=1S/C12H18N2O3/c1-2-3-4-7-13-11(15)12(16)14-9-10-6-5-8-17-10/h5-6,8H,2-4,7,9H2,1H3,(H,13,15)(H,14,16). The van der Waals surface area contributed by atoms with Crippen LogP contribution in [0.1, 0.15) is 31.9 Å². The van der Waals surface area contributed by atoms with E-state index in [4.69, 9.17) is 4.42 Å². The smallest absolute Gasteiger partial charge is 0.309 e. The normalized spacial score (nSPS) is 9.94. The van der Waals surface area contributed by atoms with Crippen molar-refractivity contribution < 1.29 is 14.0 Å². The second-order valence-corrected chi connectivity index (χ2v) is 3.73. The first-order chi connectivity index (χ1) is 8.24. The zero-order valence-corrected chi connectivity index (χ0v) is 9.99. The van der Waals surface area contributed by atoms with Gasteiger partial charge in [-0.05, 0) is 18.6 Å². The van der Waals surface area contributed by atoms with Crippen molar-refractivity contribution in [3.05, 3.63) is 24.2 Å². The molecule has 0 radical (unpaired) electrons. The maximum atomic E-state index is 11.3. The molecule has 0 aliphatic rings. The number of nitrogens with one attached hydrogen (secondary N) is 2. The summed E-state index contributed by atoms with van der Waals surface area (Å²) in [6.07, 6.45) is 4.55. The van der Waals surface area contributed by atoms with E-state index in [1.807, 2.05) is 0 Å². The molecule has 2 amide bonds. The van der Waals surface area contributed by atoms with Gasteiger partial charge in [-0.15, -0.1) is 0 Å². The summed E-state index contributed by atoms with van der Waals surface area (Å²) < 4.78 is 5.03. The van der Waals surface area contributed by atoms with Crippen LogP contribution in [0.25, 0.3) is 0 Å². The van der Waals surface area contributed by atoms with Gasteiger partial charge < -0.3 is 15.1 Å². The average Bonchev–Trinajstić information content (AvgIpc) is 2.84. The Balaban J connectivity index is 2.16. The molecule has 0 aromatic carbocycles. The van der Waals surface area contributed by atoms with E-state index in [1.165, 1.54) is 6.26 Å². The number of rotatable bonds is 6. The van der Waals surface area contributed by atoms with Crippen LogP contribution in [0.5, 0.6) is 0 Å².